The maximum atomic E-state index is 2.42. The Morgan fingerprint density at radius 3 is 2.04 bits per heavy atom. The van der Waals surface area contributed by atoms with Crippen LogP contribution in [0.25, 0.3) is 21.5 Å². The third-order valence-corrected chi connectivity index (χ3v) is 5.64. The molecule has 0 aliphatic heterocycles. The van der Waals surface area contributed by atoms with Gasteiger partial charge in [0.15, 0.2) is 0 Å². The molecule has 0 atom stereocenters. The smallest absolute Gasteiger partial charge is 0.0103 e. The summed E-state index contributed by atoms with van der Waals surface area (Å²) in [5, 5.41) is 5.64. The van der Waals surface area contributed by atoms with Crippen LogP contribution in [-0.4, -0.2) is 0 Å². The zero-order valence-electron chi connectivity index (χ0n) is 16.9. The first-order valence-corrected chi connectivity index (χ1v) is 10.7. The molecule has 0 amide bonds. The molecule has 0 bridgehead atoms. The van der Waals surface area contributed by atoms with Gasteiger partial charge < -0.3 is 0 Å². The van der Waals surface area contributed by atoms with Crippen LogP contribution in [0.1, 0.15) is 75.5 Å². The fourth-order valence-corrected chi connectivity index (χ4v) is 4.15. The molecule has 0 saturated carbocycles. The highest BCUT2D eigenvalue weighted by Gasteiger charge is 2.06. The van der Waals surface area contributed by atoms with Gasteiger partial charge in [-0.3, -0.25) is 0 Å². The van der Waals surface area contributed by atoms with Crippen molar-refractivity contribution in [3.8, 4) is 0 Å². The zero-order chi connectivity index (χ0) is 18.4. The van der Waals surface area contributed by atoms with E-state index in [1.165, 1.54) is 96.0 Å². The second-order valence-corrected chi connectivity index (χ2v) is 7.90. The average molecular weight is 347 g/mol. The number of fused-ring (bicyclic) bond motifs is 3. The Morgan fingerprint density at radius 2 is 1.27 bits per heavy atom. The van der Waals surface area contributed by atoms with E-state index in [1.54, 1.807) is 0 Å². The lowest BCUT2D eigenvalue weighted by Crippen LogP contribution is -1.90. The maximum absolute atomic E-state index is 2.42. The van der Waals surface area contributed by atoms with Crippen LogP contribution in [0.15, 0.2) is 42.5 Å². The van der Waals surface area contributed by atoms with Crippen LogP contribution in [0.3, 0.4) is 0 Å². The lowest BCUT2D eigenvalue weighted by Gasteiger charge is -2.11. The second kappa shape index (κ2) is 9.21. The van der Waals surface area contributed by atoms with E-state index in [-0.39, 0.29) is 0 Å². The number of benzene rings is 3. The van der Waals surface area contributed by atoms with E-state index < -0.39 is 0 Å². The summed E-state index contributed by atoms with van der Waals surface area (Å²) in [7, 11) is 0. The molecule has 0 aliphatic carbocycles. The highest BCUT2D eigenvalue weighted by molar-refractivity contribution is 6.09. The third-order valence-electron chi connectivity index (χ3n) is 5.64. The third kappa shape index (κ3) is 4.47. The molecule has 26 heavy (non-hydrogen) atoms. The Labute approximate surface area is 159 Å². The Kier molecular flexibility index (Phi) is 6.72. The molecular formula is C26H34. The summed E-state index contributed by atoms with van der Waals surface area (Å²) < 4.78 is 0. The van der Waals surface area contributed by atoms with Gasteiger partial charge in [0.05, 0.1) is 0 Å². The first-order chi connectivity index (χ1) is 12.7. The molecule has 0 radical (unpaired) electrons. The predicted molar refractivity (Wildman–Crippen MR) is 117 cm³/mol. The van der Waals surface area contributed by atoms with E-state index in [1.807, 2.05) is 0 Å². The van der Waals surface area contributed by atoms with Crippen LogP contribution in [-0.2, 0) is 12.8 Å². The molecule has 0 fully saturated rings. The van der Waals surface area contributed by atoms with Crippen LogP contribution < -0.4 is 0 Å². The molecule has 0 saturated heterocycles. The average Bonchev–Trinajstić information content (AvgIpc) is 2.65. The lowest BCUT2D eigenvalue weighted by atomic mass is 9.93. The van der Waals surface area contributed by atoms with Gasteiger partial charge in [-0.25, -0.2) is 0 Å². The van der Waals surface area contributed by atoms with E-state index in [0.29, 0.717) is 0 Å². The molecule has 0 aliphatic rings. The van der Waals surface area contributed by atoms with E-state index in [0.717, 1.165) is 0 Å². The van der Waals surface area contributed by atoms with Gasteiger partial charge >= 0.3 is 0 Å². The molecule has 0 heteroatoms. The summed E-state index contributed by atoms with van der Waals surface area (Å²) in [6.45, 7) is 6.80. The summed E-state index contributed by atoms with van der Waals surface area (Å²) >= 11 is 0. The minimum Gasteiger partial charge on any atom is -0.0654 e. The van der Waals surface area contributed by atoms with Crippen molar-refractivity contribution in [2.24, 2.45) is 0 Å². The fraction of sp³-hybridized carbons (Fsp3) is 0.462. The summed E-state index contributed by atoms with van der Waals surface area (Å²) in [5.41, 5.74) is 4.36. The van der Waals surface area contributed by atoms with Gasteiger partial charge in [-0.15, -0.1) is 0 Å². The van der Waals surface area contributed by atoms with E-state index >= 15 is 0 Å². The van der Waals surface area contributed by atoms with Crippen molar-refractivity contribution >= 4 is 21.5 Å². The molecule has 0 heterocycles. The van der Waals surface area contributed by atoms with Crippen molar-refractivity contribution in [2.75, 3.05) is 0 Å². The van der Waals surface area contributed by atoms with Crippen molar-refractivity contribution in [1.29, 1.82) is 0 Å². The minimum atomic E-state index is 1.17. The maximum Gasteiger partial charge on any atom is -0.0103 e. The number of hydrogen-bond donors (Lipinski definition) is 0. The van der Waals surface area contributed by atoms with Crippen molar-refractivity contribution in [3.63, 3.8) is 0 Å². The molecule has 138 valence electrons. The molecule has 3 aromatic rings. The molecule has 0 spiro atoms. The fourth-order valence-electron chi connectivity index (χ4n) is 4.15. The highest BCUT2D eigenvalue weighted by Crippen LogP contribution is 2.30. The molecule has 0 aromatic heterocycles. The molecule has 3 aromatic carbocycles. The Balaban J connectivity index is 1.79. The van der Waals surface area contributed by atoms with Gasteiger partial charge in [-0.1, -0.05) is 94.8 Å². The molecule has 0 unspecified atom stereocenters. The van der Waals surface area contributed by atoms with Crippen LogP contribution in [0, 0.1) is 6.92 Å². The van der Waals surface area contributed by atoms with Gasteiger partial charge in [0.2, 0.25) is 0 Å². The molecule has 0 nitrogen and oxygen atoms in total. The van der Waals surface area contributed by atoms with Crippen molar-refractivity contribution in [3.05, 3.63) is 59.2 Å². The number of hydrogen-bond acceptors (Lipinski definition) is 0. The van der Waals surface area contributed by atoms with Gasteiger partial charge in [-0.2, -0.15) is 0 Å². The Bertz CT molecular complexity index is 857. The largest absolute Gasteiger partial charge is 0.0654 e. The van der Waals surface area contributed by atoms with Crippen molar-refractivity contribution in [2.45, 2.75) is 78.6 Å². The van der Waals surface area contributed by atoms with Gasteiger partial charge in [-0.05, 0) is 64.4 Å². The minimum absolute atomic E-state index is 1.17. The summed E-state index contributed by atoms with van der Waals surface area (Å²) in [5.74, 6) is 0. The van der Waals surface area contributed by atoms with Crippen LogP contribution in [0.4, 0.5) is 0 Å². The highest BCUT2D eigenvalue weighted by atomic mass is 14.1. The Hall–Kier alpha value is -1.82. The molecule has 3 rings (SSSR count). The monoisotopic (exact) mass is 346 g/mol. The number of rotatable bonds is 9. The van der Waals surface area contributed by atoms with Crippen LogP contribution in [0.2, 0.25) is 0 Å². The lowest BCUT2D eigenvalue weighted by molar-refractivity contribution is 0.607. The Morgan fingerprint density at radius 1 is 0.577 bits per heavy atom. The normalized spacial score (nSPS) is 11.5. The first kappa shape index (κ1) is 19.0. The van der Waals surface area contributed by atoms with E-state index in [9.17, 15) is 0 Å². The standard InChI is InChI=1S/C26H34/c1-4-6-7-8-9-10-12-22-13-15-24-23(18-22)17-20(3)26-19-21(11-5-2)14-16-25(24)26/h13-19H,4-12H2,1-3H3. The van der Waals surface area contributed by atoms with Crippen LogP contribution in [0.5, 0.6) is 0 Å². The van der Waals surface area contributed by atoms with E-state index in [4.69, 9.17) is 0 Å². The van der Waals surface area contributed by atoms with Crippen LogP contribution >= 0.6 is 0 Å². The summed E-state index contributed by atoms with van der Waals surface area (Å²) in [4.78, 5) is 0. The quantitative estimate of drug-likeness (QED) is 0.271. The van der Waals surface area contributed by atoms with E-state index in [2.05, 4.69) is 63.2 Å². The summed E-state index contributed by atoms with van der Waals surface area (Å²) in [6, 6.07) is 16.6. The molecular weight excluding hydrogens is 312 g/mol. The van der Waals surface area contributed by atoms with Crippen molar-refractivity contribution in [1.82, 2.24) is 0 Å². The summed E-state index contributed by atoms with van der Waals surface area (Å²) in [6.07, 6.45) is 11.8. The first-order valence-electron chi connectivity index (χ1n) is 10.7. The van der Waals surface area contributed by atoms with Gasteiger partial charge in [0, 0.05) is 0 Å². The number of aryl methyl sites for hydroxylation is 3. The van der Waals surface area contributed by atoms with Gasteiger partial charge in [0.25, 0.3) is 0 Å². The van der Waals surface area contributed by atoms with Crippen molar-refractivity contribution < 1.29 is 0 Å². The SMILES string of the molecule is CCCCCCCCc1ccc2c(c1)cc(C)c1cc(CCC)ccc12. The van der Waals surface area contributed by atoms with Gasteiger partial charge in [0.1, 0.15) is 0 Å². The molecule has 0 N–H and O–H groups in total. The second-order valence-electron chi connectivity index (χ2n) is 7.90. The topological polar surface area (TPSA) is 0 Å². The number of unbranched alkanes of at least 4 members (excludes halogenated alkanes) is 5. The predicted octanol–water partition coefficient (Wildman–Crippen LogP) is 8.16. The zero-order valence-corrected chi connectivity index (χ0v) is 16.9.